The van der Waals surface area contributed by atoms with Crippen molar-refractivity contribution in [2.45, 2.75) is 55.2 Å². The Morgan fingerprint density at radius 1 is 1.00 bits per heavy atom. The van der Waals surface area contributed by atoms with Crippen LogP contribution < -0.4 is 14.9 Å². The molecule has 2 aliphatic heterocycles. The molecule has 6 unspecified atom stereocenters. The first-order valence-electron chi connectivity index (χ1n) is 15.8. The number of anilines is 1. The van der Waals surface area contributed by atoms with Gasteiger partial charge in [0.2, 0.25) is 11.8 Å². The lowest BCUT2D eigenvalue weighted by Crippen LogP contribution is -2.42. The Morgan fingerprint density at radius 3 is 2.48 bits per heavy atom. The molecule has 1 aromatic heterocycles. The number of carboxylic acid groups (broad SMARTS) is 1. The maximum atomic E-state index is 13.7. The number of aliphatic carboxylic acids is 1. The molecule has 46 heavy (non-hydrogen) atoms. The summed E-state index contributed by atoms with van der Waals surface area (Å²) in [6, 6.07) is 15.2. The molecular weight excluding hydrogens is 627 g/mol. The number of unbranched alkanes of at least 4 members (excludes halogenated alkanes) is 2. The number of imide groups is 1. The third-order valence-electron chi connectivity index (χ3n) is 10.1. The van der Waals surface area contributed by atoms with Gasteiger partial charge in [0.15, 0.2) is 6.61 Å². The minimum Gasteiger partial charge on any atom is -0.484 e. The van der Waals surface area contributed by atoms with E-state index in [4.69, 9.17) is 9.84 Å². The molecule has 3 fully saturated rings. The maximum absolute atomic E-state index is 13.7. The van der Waals surface area contributed by atoms with Crippen LogP contribution in [0.15, 0.2) is 58.4 Å². The Labute approximate surface area is 273 Å². The van der Waals surface area contributed by atoms with Crippen molar-refractivity contribution in [3.05, 3.63) is 74.2 Å². The van der Waals surface area contributed by atoms with Gasteiger partial charge in [-0.05, 0) is 73.3 Å². The Morgan fingerprint density at radius 2 is 1.74 bits per heavy atom. The van der Waals surface area contributed by atoms with Gasteiger partial charge >= 0.3 is 10.8 Å². The van der Waals surface area contributed by atoms with Crippen LogP contribution in [-0.2, 0) is 19.2 Å². The molecule has 0 spiro atoms. The van der Waals surface area contributed by atoms with E-state index in [1.54, 1.807) is 11.8 Å². The molecule has 7 atom stereocenters. The number of thiazole rings is 1. The number of benzene rings is 2. The summed E-state index contributed by atoms with van der Waals surface area (Å²) in [5, 5.41) is 12.7. The molecule has 10 nitrogen and oxygen atoms in total. The third kappa shape index (κ3) is 5.45. The number of para-hydroxylation sites is 1. The predicted molar refractivity (Wildman–Crippen MR) is 173 cm³/mol. The second kappa shape index (κ2) is 12.4. The first-order valence-corrected chi connectivity index (χ1v) is 17.5. The Balaban J connectivity index is 1.08. The Kier molecular flexibility index (Phi) is 8.26. The number of H-pyrrole nitrogens is 1. The maximum Gasteiger partial charge on any atom is 0.305 e. The van der Waals surface area contributed by atoms with E-state index in [0.29, 0.717) is 31.6 Å². The van der Waals surface area contributed by atoms with Crippen molar-refractivity contribution in [3.8, 4) is 5.75 Å². The molecule has 12 heteroatoms. The SMILES string of the molecule is Cc1ccccc1NC(=O)COc1ccc([C@H]2c3sc(=O)[nH]c3SC3C4CC(C5C(=O)N(CCCCCC(=O)O)C(=O)C45)C32)cc1. The largest absolute Gasteiger partial charge is 0.484 e. The highest BCUT2D eigenvalue weighted by Gasteiger charge is 2.69. The van der Waals surface area contributed by atoms with Crippen molar-refractivity contribution < 1.29 is 29.0 Å². The molecule has 240 valence electrons. The zero-order valence-corrected chi connectivity index (χ0v) is 26.9. The Bertz CT molecular complexity index is 1750. The summed E-state index contributed by atoms with van der Waals surface area (Å²) >= 11 is 2.87. The van der Waals surface area contributed by atoms with E-state index in [9.17, 15) is 24.0 Å². The smallest absolute Gasteiger partial charge is 0.305 e. The number of aromatic amines is 1. The standard InChI is InChI=1S/C34H35N3O7S2/c1-17-7-4-5-8-22(17)35-23(38)16-44-19-12-10-18(11-13-19)25-26-20-15-21(29(26)45-31-30(25)46-34(43)36-31)28-27(20)32(41)37(33(28)42)14-6-2-3-9-24(39)40/h4-5,7-8,10-13,20-21,25-29H,2-3,6,9,14-16H2,1H3,(H,35,38)(H,36,43)(H,39,40)/t20?,21?,25-,26?,27?,28?,29?/m1/s1. The lowest BCUT2D eigenvalue weighted by Gasteiger charge is -2.43. The molecule has 3 aromatic rings. The van der Waals surface area contributed by atoms with Crippen LogP contribution in [0.25, 0.3) is 0 Å². The van der Waals surface area contributed by atoms with Gasteiger partial charge in [-0.15, -0.1) is 11.8 Å². The fourth-order valence-corrected chi connectivity index (χ4v) is 11.1. The number of fused-ring (bicyclic) bond motifs is 9. The van der Waals surface area contributed by atoms with E-state index >= 15 is 0 Å². The lowest BCUT2D eigenvalue weighted by atomic mass is 9.68. The second-order valence-corrected chi connectivity index (χ2v) is 14.9. The van der Waals surface area contributed by atoms with Crippen LogP contribution in [0.1, 0.15) is 54.0 Å². The molecule has 0 radical (unpaired) electrons. The molecule has 1 saturated heterocycles. The van der Waals surface area contributed by atoms with E-state index < -0.39 is 5.97 Å². The van der Waals surface area contributed by atoms with Gasteiger partial charge < -0.3 is 20.1 Å². The highest BCUT2D eigenvalue weighted by Crippen LogP contribution is 2.68. The van der Waals surface area contributed by atoms with Crippen molar-refractivity contribution in [1.82, 2.24) is 9.88 Å². The third-order valence-corrected chi connectivity index (χ3v) is 12.7. The van der Waals surface area contributed by atoms with Gasteiger partial charge in [-0.1, -0.05) is 48.1 Å². The van der Waals surface area contributed by atoms with Crippen LogP contribution in [0.2, 0.25) is 0 Å². The van der Waals surface area contributed by atoms with Gasteiger partial charge in [0, 0.05) is 34.7 Å². The van der Waals surface area contributed by atoms with Crippen molar-refractivity contribution >= 4 is 52.5 Å². The highest BCUT2D eigenvalue weighted by atomic mass is 32.2. The van der Waals surface area contributed by atoms with E-state index in [0.717, 1.165) is 33.1 Å². The van der Waals surface area contributed by atoms with Gasteiger partial charge in [0.25, 0.3) is 5.91 Å². The van der Waals surface area contributed by atoms with Gasteiger partial charge in [0.05, 0.1) is 16.9 Å². The fourth-order valence-electron chi connectivity index (χ4n) is 8.21. The number of carboxylic acids is 1. The van der Waals surface area contributed by atoms with E-state index in [-0.39, 0.29) is 76.4 Å². The number of thioether (sulfide) groups is 1. The zero-order chi connectivity index (χ0) is 32.1. The topological polar surface area (TPSA) is 146 Å². The summed E-state index contributed by atoms with van der Waals surface area (Å²) in [7, 11) is 0. The molecule has 2 aliphatic carbocycles. The first kappa shape index (κ1) is 30.7. The minimum atomic E-state index is -0.840. The number of likely N-dealkylation sites (tertiary alicyclic amines) is 1. The molecule has 2 aromatic carbocycles. The average molecular weight is 662 g/mol. The number of hydrogen-bond acceptors (Lipinski definition) is 8. The Hall–Kier alpha value is -3.90. The summed E-state index contributed by atoms with van der Waals surface area (Å²) in [5.74, 6) is -1.35. The lowest BCUT2D eigenvalue weighted by molar-refractivity contribution is -0.141. The van der Waals surface area contributed by atoms with E-state index in [1.807, 2.05) is 55.5 Å². The van der Waals surface area contributed by atoms with Crippen molar-refractivity contribution in [1.29, 1.82) is 0 Å². The number of nitrogens with zero attached hydrogens (tertiary/aromatic N) is 1. The molecule has 3 amide bonds. The van der Waals surface area contributed by atoms with Gasteiger partial charge in [-0.2, -0.15) is 0 Å². The van der Waals surface area contributed by atoms with Gasteiger partial charge in [0.1, 0.15) is 5.75 Å². The number of rotatable bonds is 11. The van der Waals surface area contributed by atoms with Crippen molar-refractivity contribution in [2.24, 2.45) is 29.6 Å². The van der Waals surface area contributed by atoms with Gasteiger partial charge in [-0.25, -0.2) is 0 Å². The van der Waals surface area contributed by atoms with Crippen LogP contribution in [-0.4, -0.2) is 57.1 Å². The molecule has 4 aliphatic rings. The van der Waals surface area contributed by atoms with Crippen LogP contribution in [0, 0.1) is 36.5 Å². The molecule has 2 saturated carbocycles. The zero-order valence-electron chi connectivity index (χ0n) is 25.3. The van der Waals surface area contributed by atoms with E-state index in [1.165, 1.54) is 16.2 Å². The number of amides is 3. The first-order chi connectivity index (χ1) is 22.2. The minimum absolute atomic E-state index is 0.0254. The number of aryl methyl sites for hydroxylation is 1. The summed E-state index contributed by atoms with van der Waals surface area (Å²) in [4.78, 5) is 68.6. The number of hydrogen-bond donors (Lipinski definition) is 3. The highest BCUT2D eigenvalue weighted by molar-refractivity contribution is 8.00. The van der Waals surface area contributed by atoms with E-state index in [2.05, 4.69) is 10.3 Å². The summed E-state index contributed by atoms with van der Waals surface area (Å²) in [6.45, 7) is 2.12. The van der Waals surface area contributed by atoms with Crippen molar-refractivity contribution in [2.75, 3.05) is 18.5 Å². The van der Waals surface area contributed by atoms with Gasteiger partial charge in [-0.3, -0.25) is 28.9 Å². The summed E-state index contributed by atoms with van der Waals surface area (Å²) in [6.07, 6.45) is 2.68. The van der Waals surface area contributed by atoms with Crippen LogP contribution in [0.3, 0.4) is 0 Å². The average Bonchev–Trinajstić information content (AvgIpc) is 3.77. The second-order valence-electron chi connectivity index (χ2n) is 12.7. The molecule has 2 bridgehead atoms. The summed E-state index contributed by atoms with van der Waals surface area (Å²) < 4.78 is 5.80. The molecule has 7 rings (SSSR count). The fraction of sp³-hybridized carbons (Fsp3) is 0.441. The van der Waals surface area contributed by atoms with Crippen LogP contribution in [0.4, 0.5) is 5.69 Å². The normalized spacial score (nSPS) is 27.3. The molecule has 3 N–H and O–H groups in total. The van der Waals surface area contributed by atoms with Crippen molar-refractivity contribution in [3.63, 3.8) is 0 Å². The van der Waals surface area contributed by atoms with Crippen LogP contribution >= 0.6 is 23.1 Å². The molecular formula is C34H35N3O7S2. The summed E-state index contributed by atoms with van der Waals surface area (Å²) in [5.41, 5.74) is 2.72. The number of ether oxygens (including phenoxy) is 1. The molecule has 3 heterocycles. The number of carbonyl (C=O) groups excluding carboxylic acids is 3. The number of aromatic nitrogens is 1. The number of carbonyl (C=O) groups is 4. The van der Waals surface area contributed by atoms with Crippen LogP contribution in [0.5, 0.6) is 5.75 Å². The number of nitrogens with one attached hydrogen (secondary N) is 2. The quantitative estimate of drug-likeness (QED) is 0.195. The predicted octanol–water partition coefficient (Wildman–Crippen LogP) is 4.88. The monoisotopic (exact) mass is 661 g/mol.